The lowest BCUT2D eigenvalue weighted by Crippen LogP contribution is -2.51. The van der Waals surface area contributed by atoms with Crippen LogP contribution < -0.4 is 0 Å². The Labute approximate surface area is 145 Å². The first-order valence-corrected chi connectivity index (χ1v) is 8.65. The van der Waals surface area contributed by atoms with Gasteiger partial charge in [-0.05, 0) is 25.0 Å². The Kier molecular flexibility index (Phi) is 4.71. The van der Waals surface area contributed by atoms with Crippen LogP contribution in [0.3, 0.4) is 0 Å². The van der Waals surface area contributed by atoms with Crippen LogP contribution in [0.5, 0.6) is 0 Å². The van der Waals surface area contributed by atoms with Gasteiger partial charge in [0.2, 0.25) is 11.7 Å². The van der Waals surface area contributed by atoms with Crippen molar-refractivity contribution < 1.29 is 14.1 Å². The lowest BCUT2D eigenvalue weighted by atomic mass is 10.2. The standard InChI is InChI=1S/C17H21N5O3/c23-17(14-4-2-10-24-14)22-8-6-21(7-9-22)12-15-19-16(20-25-15)13-3-1-5-18-11-13/h1,3,5,11,14H,2,4,6-10,12H2. The summed E-state index contributed by atoms with van der Waals surface area (Å²) in [6.45, 7) is 4.30. The van der Waals surface area contributed by atoms with Crippen LogP contribution in [0.25, 0.3) is 11.4 Å². The average Bonchev–Trinajstić information content (AvgIpc) is 3.35. The molecule has 132 valence electrons. The number of aromatic nitrogens is 3. The molecule has 1 unspecified atom stereocenters. The van der Waals surface area contributed by atoms with Crippen LogP contribution in [0.15, 0.2) is 29.0 Å². The molecule has 25 heavy (non-hydrogen) atoms. The Morgan fingerprint density at radius 2 is 2.16 bits per heavy atom. The van der Waals surface area contributed by atoms with Gasteiger partial charge in [0.05, 0.1) is 6.54 Å². The highest BCUT2D eigenvalue weighted by atomic mass is 16.5. The third kappa shape index (κ3) is 3.69. The van der Waals surface area contributed by atoms with Gasteiger partial charge in [0.25, 0.3) is 5.91 Å². The SMILES string of the molecule is O=C(C1CCCO1)N1CCN(Cc2nc(-c3cccnc3)no2)CC1. The van der Waals surface area contributed by atoms with Gasteiger partial charge in [-0.1, -0.05) is 5.16 Å². The highest BCUT2D eigenvalue weighted by Crippen LogP contribution is 2.18. The molecule has 8 heteroatoms. The fourth-order valence-electron chi connectivity index (χ4n) is 3.23. The number of pyridine rings is 1. The molecule has 2 aromatic rings. The van der Waals surface area contributed by atoms with Crippen molar-refractivity contribution in [2.45, 2.75) is 25.5 Å². The van der Waals surface area contributed by atoms with Crippen LogP contribution in [0, 0.1) is 0 Å². The molecule has 1 amide bonds. The minimum Gasteiger partial charge on any atom is -0.368 e. The highest BCUT2D eigenvalue weighted by Gasteiger charge is 2.30. The topological polar surface area (TPSA) is 84.6 Å². The average molecular weight is 343 g/mol. The van der Waals surface area contributed by atoms with Gasteiger partial charge in [0, 0.05) is 50.7 Å². The summed E-state index contributed by atoms with van der Waals surface area (Å²) in [5.41, 5.74) is 0.837. The van der Waals surface area contributed by atoms with E-state index in [4.69, 9.17) is 9.26 Å². The van der Waals surface area contributed by atoms with Crippen molar-refractivity contribution in [2.24, 2.45) is 0 Å². The number of piperazine rings is 1. The van der Waals surface area contributed by atoms with Crippen molar-refractivity contribution in [1.29, 1.82) is 0 Å². The molecule has 2 aliphatic rings. The molecule has 0 aromatic carbocycles. The highest BCUT2D eigenvalue weighted by molar-refractivity contribution is 5.81. The van der Waals surface area contributed by atoms with Crippen molar-refractivity contribution in [1.82, 2.24) is 24.9 Å². The monoisotopic (exact) mass is 343 g/mol. The molecule has 0 bridgehead atoms. The van der Waals surface area contributed by atoms with E-state index >= 15 is 0 Å². The van der Waals surface area contributed by atoms with Crippen LogP contribution in [-0.2, 0) is 16.1 Å². The van der Waals surface area contributed by atoms with Gasteiger partial charge in [-0.3, -0.25) is 14.7 Å². The first-order chi connectivity index (χ1) is 12.3. The van der Waals surface area contributed by atoms with Crippen molar-refractivity contribution >= 4 is 5.91 Å². The molecule has 0 saturated carbocycles. The molecule has 2 aliphatic heterocycles. The van der Waals surface area contributed by atoms with Crippen molar-refractivity contribution in [2.75, 3.05) is 32.8 Å². The molecule has 1 atom stereocenters. The van der Waals surface area contributed by atoms with Crippen LogP contribution in [0.2, 0.25) is 0 Å². The Hall–Kier alpha value is -2.32. The maximum atomic E-state index is 12.4. The van der Waals surface area contributed by atoms with E-state index in [1.54, 1.807) is 12.4 Å². The molecule has 2 saturated heterocycles. The predicted octanol–water partition coefficient (Wildman–Crippen LogP) is 0.955. The fraction of sp³-hybridized carbons (Fsp3) is 0.529. The number of amides is 1. The van der Waals surface area contributed by atoms with Crippen LogP contribution >= 0.6 is 0 Å². The predicted molar refractivity (Wildman–Crippen MR) is 88.4 cm³/mol. The Morgan fingerprint density at radius 1 is 1.28 bits per heavy atom. The summed E-state index contributed by atoms with van der Waals surface area (Å²) in [6.07, 6.45) is 5.02. The summed E-state index contributed by atoms with van der Waals surface area (Å²) in [5.74, 6) is 1.27. The molecule has 4 rings (SSSR count). The molecule has 4 heterocycles. The van der Waals surface area contributed by atoms with E-state index in [0.29, 0.717) is 38.0 Å². The van der Waals surface area contributed by atoms with E-state index < -0.39 is 0 Å². The van der Waals surface area contributed by atoms with E-state index in [-0.39, 0.29) is 12.0 Å². The third-order valence-electron chi connectivity index (χ3n) is 4.64. The van der Waals surface area contributed by atoms with Crippen molar-refractivity contribution in [3.63, 3.8) is 0 Å². The van der Waals surface area contributed by atoms with Gasteiger partial charge in [-0.25, -0.2) is 0 Å². The zero-order chi connectivity index (χ0) is 17.1. The molecule has 0 radical (unpaired) electrons. The lowest BCUT2D eigenvalue weighted by Gasteiger charge is -2.35. The van der Waals surface area contributed by atoms with E-state index in [9.17, 15) is 4.79 Å². The molecule has 0 aliphatic carbocycles. The fourth-order valence-corrected chi connectivity index (χ4v) is 3.23. The minimum absolute atomic E-state index is 0.133. The number of hydrogen-bond acceptors (Lipinski definition) is 7. The van der Waals surface area contributed by atoms with Gasteiger partial charge in [0.1, 0.15) is 6.10 Å². The number of carbonyl (C=O) groups excluding carboxylic acids is 1. The second-order valence-corrected chi connectivity index (χ2v) is 6.36. The van der Waals surface area contributed by atoms with E-state index in [2.05, 4.69) is 20.0 Å². The summed E-state index contributed by atoms with van der Waals surface area (Å²) in [7, 11) is 0. The maximum Gasteiger partial charge on any atom is 0.251 e. The second-order valence-electron chi connectivity index (χ2n) is 6.36. The number of ether oxygens (including phenoxy) is 1. The van der Waals surface area contributed by atoms with Crippen LogP contribution in [-0.4, -0.2) is 69.7 Å². The summed E-state index contributed by atoms with van der Waals surface area (Å²) in [5, 5.41) is 4.01. The first-order valence-electron chi connectivity index (χ1n) is 8.65. The number of rotatable bonds is 4. The van der Waals surface area contributed by atoms with Crippen LogP contribution in [0.1, 0.15) is 18.7 Å². The summed E-state index contributed by atoms with van der Waals surface area (Å²) in [4.78, 5) is 25.0. The normalized spacial score (nSPS) is 21.6. The van der Waals surface area contributed by atoms with Crippen LogP contribution in [0.4, 0.5) is 0 Å². The third-order valence-corrected chi connectivity index (χ3v) is 4.64. The van der Waals surface area contributed by atoms with E-state index in [1.165, 1.54) is 0 Å². The molecular weight excluding hydrogens is 322 g/mol. The Bertz CT molecular complexity index is 706. The minimum atomic E-state index is -0.232. The molecule has 8 nitrogen and oxygen atoms in total. The zero-order valence-electron chi connectivity index (χ0n) is 14.0. The van der Waals surface area contributed by atoms with Crippen molar-refractivity contribution in [3.05, 3.63) is 30.4 Å². The summed E-state index contributed by atoms with van der Waals surface area (Å²) < 4.78 is 10.8. The lowest BCUT2D eigenvalue weighted by molar-refractivity contribution is -0.142. The number of hydrogen-bond donors (Lipinski definition) is 0. The molecule has 0 spiro atoms. The first kappa shape index (κ1) is 16.2. The van der Waals surface area contributed by atoms with E-state index in [1.807, 2.05) is 17.0 Å². The van der Waals surface area contributed by atoms with Gasteiger partial charge < -0.3 is 14.2 Å². The van der Waals surface area contributed by atoms with Gasteiger partial charge in [-0.15, -0.1) is 0 Å². The quantitative estimate of drug-likeness (QED) is 0.817. The molecular formula is C17H21N5O3. The van der Waals surface area contributed by atoms with E-state index in [0.717, 1.165) is 31.5 Å². The molecule has 2 aromatic heterocycles. The smallest absolute Gasteiger partial charge is 0.251 e. The summed E-state index contributed by atoms with van der Waals surface area (Å²) in [6, 6.07) is 3.74. The second kappa shape index (κ2) is 7.28. The molecule has 0 N–H and O–H groups in total. The van der Waals surface area contributed by atoms with Gasteiger partial charge in [0.15, 0.2) is 0 Å². The number of nitrogens with zero attached hydrogens (tertiary/aromatic N) is 5. The maximum absolute atomic E-state index is 12.4. The van der Waals surface area contributed by atoms with Gasteiger partial charge in [-0.2, -0.15) is 4.98 Å². The molecule has 2 fully saturated rings. The van der Waals surface area contributed by atoms with Crippen molar-refractivity contribution in [3.8, 4) is 11.4 Å². The summed E-state index contributed by atoms with van der Waals surface area (Å²) >= 11 is 0. The zero-order valence-corrected chi connectivity index (χ0v) is 14.0. The Morgan fingerprint density at radius 3 is 2.88 bits per heavy atom. The largest absolute Gasteiger partial charge is 0.368 e. The number of carbonyl (C=O) groups is 1. The van der Waals surface area contributed by atoms with Gasteiger partial charge >= 0.3 is 0 Å². The Balaban J connectivity index is 1.30.